The van der Waals surface area contributed by atoms with E-state index in [1.165, 1.54) is 0 Å². The van der Waals surface area contributed by atoms with Gasteiger partial charge in [0.15, 0.2) is 11.5 Å². The van der Waals surface area contributed by atoms with E-state index < -0.39 is 11.6 Å². The molecule has 0 spiro atoms. The van der Waals surface area contributed by atoms with Crippen LogP contribution in [0.2, 0.25) is 0 Å². The molecule has 26 heavy (non-hydrogen) atoms. The Kier molecular flexibility index (Phi) is 5.18. The highest BCUT2D eigenvalue weighted by atomic mass is 16.7. The number of ether oxygens (including phenoxy) is 3. The first kappa shape index (κ1) is 17.9. The topological polar surface area (TPSA) is 89.1 Å². The summed E-state index contributed by atoms with van der Waals surface area (Å²) in [6.45, 7) is 1.96. The molecule has 2 aromatic rings. The summed E-state index contributed by atoms with van der Waals surface area (Å²) >= 11 is 0. The van der Waals surface area contributed by atoms with Gasteiger partial charge in [-0.1, -0.05) is 12.1 Å². The zero-order valence-corrected chi connectivity index (χ0v) is 14.7. The summed E-state index contributed by atoms with van der Waals surface area (Å²) in [4.78, 5) is 12.1. The van der Waals surface area contributed by atoms with E-state index in [1.54, 1.807) is 32.2 Å². The van der Waals surface area contributed by atoms with Crippen molar-refractivity contribution in [3.63, 3.8) is 0 Å². The summed E-state index contributed by atoms with van der Waals surface area (Å²) < 4.78 is 15.6. The number of hydrogen-bond acceptors (Lipinski definition) is 5. The molecular formula is C19H22N2O5. The second-order valence-electron chi connectivity index (χ2n) is 6.40. The van der Waals surface area contributed by atoms with Gasteiger partial charge in [0.05, 0.1) is 12.7 Å². The number of carbonyl (C=O) groups excluding carboxylic acids is 1. The van der Waals surface area contributed by atoms with Crippen LogP contribution in [-0.4, -0.2) is 37.2 Å². The molecule has 1 heterocycles. The average molecular weight is 358 g/mol. The molecule has 1 aliphatic rings. The van der Waals surface area contributed by atoms with Crippen LogP contribution >= 0.6 is 0 Å². The van der Waals surface area contributed by atoms with E-state index in [1.807, 2.05) is 24.3 Å². The molecule has 0 aliphatic carbocycles. The fourth-order valence-corrected chi connectivity index (χ4v) is 2.67. The molecular weight excluding hydrogens is 336 g/mol. The Morgan fingerprint density at radius 1 is 1.19 bits per heavy atom. The number of methoxy groups -OCH3 is 1. The Morgan fingerprint density at radius 2 is 1.92 bits per heavy atom. The van der Waals surface area contributed by atoms with Gasteiger partial charge in [-0.15, -0.1) is 0 Å². The second-order valence-corrected chi connectivity index (χ2v) is 6.40. The van der Waals surface area contributed by atoms with E-state index in [-0.39, 0.29) is 13.3 Å². The van der Waals surface area contributed by atoms with E-state index in [0.29, 0.717) is 23.6 Å². The van der Waals surface area contributed by atoms with Crippen molar-refractivity contribution in [2.75, 3.05) is 25.8 Å². The monoisotopic (exact) mass is 358 g/mol. The maximum atomic E-state index is 12.1. The van der Waals surface area contributed by atoms with Crippen LogP contribution < -0.4 is 24.8 Å². The predicted octanol–water partition coefficient (Wildman–Crippen LogP) is 2.54. The van der Waals surface area contributed by atoms with Gasteiger partial charge >= 0.3 is 6.03 Å². The van der Waals surface area contributed by atoms with Crippen LogP contribution in [0, 0.1) is 0 Å². The lowest BCUT2D eigenvalue weighted by Gasteiger charge is -2.24. The highest BCUT2D eigenvalue weighted by molar-refractivity contribution is 5.89. The first-order valence-corrected chi connectivity index (χ1v) is 8.25. The Hall–Kier alpha value is -2.93. The van der Waals surface area contributed by atoms with Gasteiger partial charge in [0, 0.05) is 24.7 Å². The number of nitrogens with one attached hydrogen (secondary N) is 2. The van der Waals surface area contributed by atoms with Crippen molar-refractivity contribution < 1.29 is 24.1 Å². The molecule has 0 fully saturated rings. The van der Waals surface area contributed by atoms with Gasteiger partial charge in [-0.3, -0.25) is 0 Å². The molecule has 138 valence electrons. The maximum absolute atomic E-state index is 12.1. The first-order valence-electron chi connectivity index (χ1n) is 8.25. The fourth-order valence-electron chi connectivity index (χ4n) is 2.67. The zero-order valence-electron chi connectivity index (χ0n) is 14.7. The number of urea groups is 1. The number of carbonyl (C=O) groups is 1. The summed E-state index contributed by atoms with van der Waals surface area (Å²) in [6.07, 6.45) is 0.404. The summed E-state index contributed by atoms with van der Waals surface area (Å²) in [5.41, 5.74) is 0.455. The lowest BCUT2D eigenvalue weighted by Crippen LogP contribution is -2.43. The summed E-state index contributed by atoms with van der Waals surface area (Å²) in [5, 5.41) is 15.9. The minimum Gasteiger partial charge on any atom is -0.497 e. The number of amides is 2. The van der Waals surface area contributed by atoms with Crippen LogP contribution in [-0.2, 0) is 6.42 Å². The van der Waals surface area contributed by atoms with Gasteiger partial charge in [-0.25, -0.2) is 4.79 Å². The van der Waals surface area contributed by atoms with Crippen molar-refractivity contribution in [3.05, 3.63) is 48.0 Å². The average Bonchev–Trinajstić information content (AvgIpc) is 3.08. The summed E-state index contributed by atoms with van der Waals surface area (Å²) in [7, 11) is 1.61. The molecule has 3 N–H and O–H groups in total. The van der Waals surface area contributed by atoms with Crippen LogP contribution in [0.5, 0.6) is 17.2 Å². The van der Waals surface area contributed by atoms with Gasteiger partial charge in [-0.2, -0.15) is 0 Å². The van der Waals surface area contributed by atoms with Gasteiger partial charge in [-0.05, 0) is 36.8 Å². The molecule has 1 atom stereocenters. The van der Waals surface area contributed by atoms with Crippen molar-refractivity contribution in [1.29, 1.82) is 0 Å². The lowest BCUT2D eigenvalue weighted by molar-refractivity contribution is 0.0629. The molecule has 7 heteroatoms. The summed E-state index contributed by atoms with van der Waals surface area (Å²) in [5.74, 6) is 2.00. The van der Waals surface area contributed by atoms with Crippen molar-refractivity contribution >= 4 is 11.7 Å². The third-order valence-electron chi connectivity index (χ3n) is 4.00. The molecule has 1 aliphatic heterocycles. The first-order chi connectivity index (χ1) is 12.4. The van der Waals surface area contributed by atoms with E-state index in [0.717, 1.165) is 11.3 Å². The van der Waals surface area contributed by atoms with Crippen LogP contribution in [0.3, 0.4) is 0 Å². The van der Waals surface area contributed by atoms with Crippen LogP contribution in [0.4, 0.5) is 10.5 Å². The molecule has 0 bridgehead atoms. The van der Waals surface area contributed by atoms with E-state index >= 15 is 0 Å². The molecule has 1 unspecified atom stereocenters. The molecule has 0 radical (unpaired) electrons. The smallest absolute Gasteiger partial charge is 0.319 e. The molecule has 0 aromatic heterocycles. The third kappa shape index (κ3) is 4.58. The lowest BCUT2D eigenvalue weighted by atomic mass is 9.96. The Balaban J connectivity index is 1.50. The normalized spacial score (nSPS) is 14.4. The standard InChI is InChI=1S/C19H22N2O5/c1-19(23,10-13-3-6-15(24-2)7-4-13)11-20-18(22)21-14-5-8-16-17(9-14)26-12-25-16/h3-9,23H,10-12H2,1-2H3,(H2,20,21,22). The second kappa shape index (κ2) is 7.53. The minimum atomic E-state index is -1.08. The van der Waals surface area contributed by atoms with E-state index in [9.17, 15) is 9.90 Å². The van der Waals surface area contributed by atoms with E-state index in [4.69, 9.17) is 14.2 Å². The Morgan fingerprint density at radius 3 is 2.65 bits per heavy atom. The van der Waals surface area contributed by atoms with Gasteiger partial charge < -0.3 is 30.0 Å². The number of anilines is 1. The maximum Gasteiger partial charge on any atom is 0.319 e. The Bertz CT molecular complexity index is 774. The molecule has 0 saturated carbocycles. The quantitative estimate of drug-likeness (QED) is 0.738. The van der Waals surface area contributed by atoms with E-state index in [2.05, 4.69) is 10.6 Å². The van der Waals surface area contributed by atoms with Gasteiger partial charge in [0.25, 0.3) is 0 Å². The van der Waals surface area contributed by atoms with Crippen LogP contribution in [0.25, 0.3) is 0 Å². The molecule has 7 nitrogen and oxygen atoms in total. The molecule has 2 amide bonds. The number of benzene rings is 2. The number of hydrogen-bond donors (Lipinski definition) is 3. The number of rotatable bonds is 6. The van der Waals surface area contributed by atoms with Crippen molar-refractivity contribution in [1.82, 2.24) is 5.32 Å². The van der Waals surface area contributed by atoms with Crippen molar-refractivity contribution in [2.45, 2.75) is 18.9 Å². The van der Waals surface area contributed by atoms with Gasteiger partial charge in [0.2, 0.25) is 6.79 Å². The SMILES string of the molecule is COc1ccc(CC(C)(O)CNC(=O)Nc2ccc3c(c2)OCO3)cc1. The van der Waals surface area contributed by atoms with Crippen molar-refractivity contribution in [2.24, 2.45) is 0 Å². The number of aliphatic hydroxyl groups is 1. The van der Waals surface area contributed by atoms with Crippen LogP contribution in [0.15, 0.2) is 42.5 Å². The van der Waals surface area contributed by atoms with Crippen LogP contribution in [0.1, 0.15) is 12.5 Å². The van der Waals surface area contributed by atoms with Crippen molar-refractivity contribution in [3.8, 4) is 17.2 Å². The Labute approximate surface area is 151 Å². The highest BCUT2D eigenvalue weighted by Gasteiger charge is 2.22. The number of fused-ring (bicyclic) bond motifs is 1. The molecule has 2 aromatic carbocycles. The molecule has 0 saturated heterocycles. The largest absolute Gasteiger partial charge is 0.497 e. The highest BCUT2D eigenvalue weighted by Crippen LogP contribution is 2.34. The predicted molar refractivity (Wildman–Crippen MR) is 96.9 cm³/mol. The zero-order chi connectivity index (χ0) is 18.6. The molecule has 3 rings (SSSR count). The third-order valence-corrected chi connectivity index (χ3v) is 4.00. The summed E-state index contributed by atoms with van der Waals surface area (Å²) in [6, 6.07) is 12.2. The minimum absolute atomic E-state index is 0.107. The fraction of sp³-hybridized carbons (Fsp3) is 0.316. The van der Waals surface area contributed by atoms with Gasteiger partial charge in [0.1, 0.15) is 5.75 Å².